The first-order chi connectivity index (χ1) is 14.3. The van der Waals surface area contributed by atoms with Crippen LogP contribution in [0.3, 0.4) is 0 Å². The average Bonchev–Trinajstić information content (AvgIpc) is 2.74. The molecule has 2 aromatic rings. The van der Waals surface area contributed by atoms with Gasteiger partial charge in [-0.15, -0.1) is 0 Å². The maximum Gasteiger partial charge on any atom is 0.338 e. The number of sulfonamides is 1. The van der Waals surface area contributed by atoms with Crippen LogP contribution in [0.5, 0.6) is 0 Å². The van der Waals surface area contributed by atoms with E-state index in [2.05, 4.69) is 5.32 Å². The molecule has 1 aliphatic rings. The molecule has 0 radical (unpaired) electrons. The molecule has 1 fully saturated rings. The first kappa shape index (κ1) is 21.9. The number of para-hydroxylation sites is 1. The van der Waals surface area contributed by atoms with Gasteiger partial charge in [-0.25, -0.2) is 17.6 Å². The van der Waals surface area contributed by atoms with Crippen molar-refractivity contribution in [1.29, 1.82) is 0 Å². The highest BCUT2D eigenvalue weighted by molar-refractivity contribution is 7.89. The van der Waals surface area contributed by atoms with Crippen molar-refractivity contribution in [3.8, 4) is 0 Å². The van der Waals surface area contributed by atoms with Crippen LogP contribution in [-0.4, -0.2) is 44.3 Å². The van der Waals surface area contributed by atoms with Crippen molar-refractivity contribution in [2.24, 2.45) is 0 Å². The number of halogens is 1. The van der Waals surface area contributed by atoms with Crippen molar-refractivity contribution in [2.45, 2.75) is 31.1 Å². The van der Waals surface area contributed by atoms with E-state index >= 15 is 0 Å². The van der Waals surface area contributed by atoms with E-state index in [4.69, 9.17) is 4.74 Å². The van der Waals surface area contributed by atoms with Gasteiger partial charge in [0.25, 0.3) is 5.91 Å². The van der Waals surface area contributed by atoms with Crippen LogP contribution in [0.15, 0.2) is 47.4 Å². The van der Waals surface area contributed by atoms with Gasteiger partial charge in [-0.2, -0.15) is 4.31 Å². The van der Waals surface area contributed by atoms with E-state index in [1.54, 1.807) is 13.0 Å². The molecule has 0 bridgehead atoms. The number of aryl methyl sites for hydroxylation is 1. The second-order valence-electron chi connectivity index (χ2n) is 7.05. The topological polar surface area (TPSA) is 92.8 Å². The lowest BCUT2D eigenvalue weighted by atomic mass is 10.1. The molecule has 2 aromatic carbocycles. The maximum absolute atomic E-state index is 13.6. The zero-order valence-electron chi connectivity index (χ0n) is 16.6. The minimum Gasteiger partial charge on any atom is -0.452 e. The summed E-state index contributed by atoms with van der Waals surface area (Å²) in [5.41, 5.74) is 0.521. The molecular formula is C21H23FN2O5S. The van der Waals surface area contributed by atoms with E-state index in [1.807, 2.05) is 0 Å². The number of carbonyl (C=O) groups excluding carboxylic acids is 2. The summed E-state index contributed by atoms with van der Waals surface area (Å²) in [6.45, 7) is 1.93. The number of anilines is 1. The Labute approximate surface area is 174 Å². The van der Waals surface area contributed by atoms with Crippen LogP contribution in [0.2, 0.25) is 0 Å². The Morgan fingerprint density at radius 3 is 2.50 bits per heavy atom. The second kappa shape index (κ2) is 9.36. The average molecular weight is 434 g/mol. The summed E-state index contributed by atoms with van der Waals surface area (Å²) in [5, 5.41) is 2.31. The third kappa shape index (κ3) is 5.03. The van der Waals surface area contributed by atoms with Gasteiger partial charge in [-0.1, -0.05) is 24.6 Å². The Balaban J connectivity index is 1.68. The van der Waals surface area contributed by atoms with Gasteiger partial charge in [0.05, 0.1) is 16.1 Å². The number of benzene rings is 2. The monoisotopic (exact) mass is 434 g/mol. The molecule has 160 valence electrons. The Hall–Kier alpha value is -2.78. The van der Waals surface area contributed by atoms with Gasteiger partial charge in [0.1, 0.15) is 5.82 Å². The molecule has 0 saturated carbocycles. The van der Waals surface area contributed by atoms with Crippen molar-refractivity contribution >= 4 is 27.6 Å². The second-order valence-corrected chi connectivity index (χ2v) is 8.96. The Kier molecular flexibility index (Phi) is 6.84. The third-order valence-electron chi connectivity index (χ3n) is 4.84. The fourth-order valence-corrected chi connectivity index (χ4v) is 4.98. The van der Waals surface area contributed by atoms with E-state index in [9.17, 15) is 22.4 Å². The zero-order chi connectivity index (χ0) is 21.7. The number of esters is 1. The lowest BCUT2D eigenvalue weighted by Crippen LogP contribution is -2.36. The molecule has 9 heteroatoms. The summed E-state index contributed by atoms with van der Waals surface area (Å²) >= 11 is 0. The first-order valence-electron chi connectivity index (χ1n) is 9.61. The van der Waals surface area contributed by atoms with Crippen LogP contribution < -0.4 is 5.32 Å². The third-order valence-corrected chi connectivity index (χ3v) is 6.88. The Morgan fingerprint density at radius 2 is 1.80 bits per heavy atom. The van der Waals surface area contributed by atoms with Gasteiger partial charge < -0.3 is 10.1 Å². The highest BCUT2D eigenvalue weighted by Gasteiger charge is 2.28. The number of amides is 1. The van der Waals surface area contributed by atoms with Gasteiger partial charge in [0, 0.05) is 13.1 Å². The zero-order valence-corrected chi connectivity index (χ0v) is 17.4. The summed E-state index contributed by atoms with van der Waals surface area (Å²) in [5.74, 6) is -2.15. The highest BCUT2D eigenvalue weighted by Crippen LogP contribution is 2.24. The van der Waals surface area contributed by atoms with Gasteiger partial charge in [-0.05, 0) is 49.6 Å². The summed E-state index contributed by atoms with van der Waals surface area (Å²) in [4.78, 5) is 24.3. The lowest BCUT2D eigenvalue weighted by Gasteiger charge is -2.26. The lowest BCUT2D eigenvalue weighted by molar-refractivity contribution is -0.119. The molecule has 1 saturated heterocycles. The van der Waals surface area contributed by atoms with E-state index in [1.165, 1.54) is 40.7 Å². The Morgan fingerprint density at radius 1 is 1.10 bits per heavy atom. The molecule has 0 spiro atoms. The predicted octanol–water partition coefficient (Wildman–Crippen LogP) is 3.10. The fraction of sp³-hybridized carbons (Fsp3) is 0.333. The van der Waals surface area contributed by atoms with Crippen LogP contribution in [-0.2, 0) is 19.6 Å². The van der Waals surface area contributed by atoms with Crippen molar-refractivity contribution in [3.63, 3.8) is 0 Å². The number of ether oxygens (including phenoxy) is 1. The smallest absolute Gasteiger partial charge is 0.338 e. The largest absolute Gasteiger partial charge is 0.452 e. The van der Waals surface area contributed by atoms with Crippen LogP contribution in [0, 0.1) is 12.7 Å². The number of hydrogen-bond donors (Lipinski definition) is 1. The summed E-state index contributed by atoms with van der Waals surface area (Å²) in [6.07, 6.45) is 2.60. The summed E-state index contributed by atoms with van der Waals surface area (Å²) in [6, 6.07) is 9.87. The summed E-state index contributed by atoms with van der Waals surface area (Å²) in [7, 11) is -3.72. The first-order valence-corrected chi connectivity index (χ1v) is 11.1. The van der Waals surface area contributed by atoms with Crippen molar-refractivity contribution in [2.75, 3.05) is 25.0 Å². The fourth-order valence-electron chi connectivity index (χ4n) is 3.21. The summed E-state index contributed by atoms with van der Waals surface area (Å²) < 4.78 is 45.9. The quantitative estimate of drug-likeness (QED) is 0.706. The molecule has 0 aliphatic carbocycles. The SMILES string of the molecule is Cc1ccc(C(=O)OCC(=O)Nc2ccccc2F)cc1S(=O)(=O)N1CCCCC1. The van der Waals surface area contributed by atoms with Gasteiger partial charge in [0.15, 0.2) is 6.61 Å². The molecule has 3 rings (SSSR count). The van der Waals surface area contributed by atoms with Gasteiger partial charge >= 0.3 is 5.97 Å². The van der Waals surface area contributed by atoms with Crippen LogP contribution in [0.25, 0.3) is 0 Å². The predicted molar refractivity (Wildman–Crippen MR) is 109 cm³/mol. The minimum atomic E-state index is -3.72. The van der Waals surface area contributed by atoms with Gasteiger partial charge in [0.2, 0.25) is 10.0 Å². The number of rotatable bonds is 6. The van der Waals surface area contributed by atoms with Gasteiger partial charge in [-0.3, -0.25) is 4.79 Å². The van der Waals surface area contributed by atoms with Crippen LogP contribution in [0.4, 0.5) is 10.1 Å². The highest BCUT2D eigenvalue weighted by atomic mass is 32.2. The van der Waals surface area contributed by atoms with E-state index in [-0.39, 0.29) is 16.1 Å². The standard InChI is InChI=1S/C21H23FN2O5S/c1-15-9-10-16(13-19(15)30(27,28)24-11-5-2-6-12-24)21(26)29-14-20(25)23-18-8-4-3-7-17(18)22/h3-4,7-10,13H,2,5-6,11-12,14H2,1H3,(H,23,25). The maximum atomic E-state index is 13.6. The van der Waals surface area contributed by atoms with Crippen molar-refractivity contribution < 1.29 is 27.1 Å². The molecule has 0 atom stereocenters. The number of nitrogens with zero attached hydrogens (tertiary/aromatic N) is 1. The number of nitrogens with one attached hydrogen (secondary N) is 1. The van der Waals surface area contributed by atoms with Crippen LogP contribution in [0.1, 0.15) is 35.2 Å². The van der Waals surface area contributed by atoms with Crippen molar-refractivity contribution in [3.05, 3.63) is 59.4 Å². The van der Waals surface area contributed by atoms with E-state index in [0.717, 1.165) is 19.3 Å². The molecule has 30 heavy (non-hydrogen) atoms. The molecule has 1 N–H and O–H groups in total. The molecular weight excluding hydrogens is 411 g/mol. The molecule has 0 aromatic heterocycles. The molecule has 7 nitrogen and oxygen atoms in total. The molecule has 0 unspecified atom stereocenters. The number of piperidine rings is 1. The molecule has 1 heterocycles. The molecule has 1 aliphatic heterocycles. The van der Waals surface area contributed by atoms with E-state index in [0.29, 0.717) is 18.7 Å². The van der Waals surface area contributed by atoms with Crippen LogP contribution >= 0.6 is 0 Å². The number of carbonyl (C=O) groups is 2. The number of hydrogen-bond acceptors (Lipinski definition) is 5. The normalized spacial score (nSPS) is 14.9. The minimum absolute atomic E-state index is 0.0230. The van der Waals surface area contributed by atoms with Crippen molar-refractivity contribution in [1.82, 2.24) is 4.31 Å². The Bertz CT molecular complexity index is 1050. The van der Waals surface area contributed by atoms with E-state index < -0.39 is 34.3 Å². The molecule has 1 amide bonds.